The molecule has 1 N–H and O–H groups in total. The van der Waals surface area contributed by atoms with Crippen LogP contribution in [0.1, 0.15) is 22.3 Å². The summed E-state index contributed by atoms with van der Waals surface area (Å²) >= 11 is -2.51. The van der Waals surface area contributed by atoms with Crippen molar-refractivity contribution in [2.75, 3.05) is 0 Å². The minimum Gasteiger partial charge on any atom is -0.608 e. The fourth-order valence-corrected chi connectivity index (χ4v) is 6.48. The van der Waals surface area contributed by atoms with Crippen LogP contribution in [0.4, 0.5) is 0 Å². The molecule has 5 aromatic rings. The van der Waals surface area contributed by atoms with Gasteiger partial charge in [-0.15, -0.1) is 0 Å². The largest absolute Gasteiger partial charge is 0.901 e. The second-order valence-electron chi connectivity index (χ2n) is 9.29. The Morgan fingerprint density at radius 1 is 0.711 bits per heavy atom. The van der Waals surface area contributed by atoms with Crippen molar-refractivity contribution in [2.45, 2.75) is 20.8 Å². The standard InChI is InChI=1S/C12H9.C11H13NO.C10H9NO.Al/c1-3-7-11(8-4-1)12-9-5-2-6-10-12;1-8-5-6-10(4-3-7-12)9(2)11(8)13;1-7-4-5-8-3-2-6-11-9(8)10(7)12;/h1,3-10H;3-7,12-13H,1-2H3;2-6,12H,1H3;/q;;;+2/p-2/b;4-3-,12-7?;;. The Morgan fingerprint density at radius 3 is 2.16 bits per heavy atom. The molecule has 0 fully saturated rings. The van der Waals surface area contributed by atoms with Crippen molar-refractivity contribution >= 4 is 42.4 Å². The molecule has 0 amide bonds. The van der Waals surface area contributed by atoms with Gasteiger partial charge in [-0.25, -0.2) is 0 Å². The number of rotatable bonds is 8. The molecule has 0 saturated heterocycles. The molecule has 186 valence electrons. The SMILES string of the molecule is Cc1ccc(/C=C\C=N)c(C)c1[O][Al]([O]c1c(C)ccc2cccnc12)[c]1ccc(-c2ccccc2)cc1. The molecule has 0 aliphatic rings. The van der Waals surface area contributed by atoms with E-state index in [0.717, 1.165) is 54.6 Å². The minimum absolute atomic E-state index is 0.766. The van der Waals surface area contributed by atoms with Gasteiger partial charge in [0, 0.05) is 17.8 Å². The second-order valence-corrected chi connectivity index (χ2v) is 11.1. The summed E-state index contributed by atoms with van der Waals surface area (Å²) < 4.78 is 14.7. The van der Waals surface area contributed by atoms with Gasteiger partial charge in [0.1, 0.15) is 11.3 Å². The third kappa shape index (κ3) is 5.40. The predicted octanol–water partition coefficient (Wildman–Crippen LogP) is 7.34. The average Bonchev–Trinajstić information content (AvgIpc) is 2.96. The van der Waals surface area contributed by atoms with Crippen LogP contribution in [0.15, 0.2) is 103 Å². The lowest BCUT2D eigenvalue weighted by Crippen LogP contribution is -2.43. The zero-order chi connectivity index (χ0) is 26.5. The van der Waals surface area contributed by atoms with Crippen molar-refractivity contribution in [2.24, 2.45) is 0 Å². The number of hydrogen-bond donors (Lipinski definition) is 1. The van der Waals surface area contributed by atoms with Crippen molar-refractivity contribution in [3.63, 3.8) is 0 Å². The lowest BCUT2D eigenvalue weighted by atomic mass is 10.0. The Balaban J connectivity index is 1.58. The summed E-state index contributed by atoms with van der Waals surface area (Å²) in [7, 11) is 0. The smallest absolute Gasteiger partial charge is 0.608 e. The van der Waals surface area contributed by atoms with E-state index in [9.17, 15) is 0 Å². The highest BCUT2D eigenvalue weighted by atomic mass is 27.2. The van der Waals surface area contributed by atoms with Crippen molar-refractivity contribution in [3.8, 4) is 22.6 Å². The maximum absolute atomic E-state index is 7.37. The third-order valence-corrected chi connectivity index (χ3v) is 8.51. The lowest BCUT2D eigenvalue weighted by molar-refractivity contribution is 0.436. The molecule has 38 heavy (non-hydrogen) atoms. The first kappa shape index (κ1) is 25.5. The summed E-state index contributed by atoms with van der Waals surface area (Å²) in [5.41, 5.74) is 7.27. The number of nitrogens with one attached hydrogen (secondary N) is 1. The molecular formula is C33H29AlN2O2. The van der Waals surface area contributed by atoms with Crippen molar-refractivity contribution < 1.29 is 7.58 Å². The van der Waals surface area contributed by atoms with Crippen LogP contribution < -0.4 is 12.0 Å². The van der Waals surface area contributed by atoms with Gasteiger partial charge in [0.25, 0.3) is 0 Å². The molecule has 0 aliphatic carbocycles. The Bertz CT molecular complexity index is 1610. The monoisotopic (exact) mass is 512 g/mol. The number of fused-ring (bicyclic) bond motifs is 1. The molecule has 0 radical (unpaired) electrons. The number of nitrogens with zero attached hydrogens (tertiary/aromatic N) is 1. The Labute approximate surface area is 228 Å². The first-order valence-electron chi connectivity index (χ1n) is 12.7. The number of aromatic nitrogens is 1. The third-order valence-electron chi connectivity index (χ3n) is 6.68. The van der Waals surface area contributed by atoms with Crippen molar-refractivity contribution in [1.29, 1.82) is 5.41 Å². The topological polar surface area (TPSA) is 55.2 Å². The quantitative estimate of drug-likeness (QED) is 0.175. The highest BCUT2D eigenvalue weighted by Gasteiger charge is 2.38. The van der Waals surface area contributed by atoms with Gasteiger partial charge in [-0.05, 0) is 70.7 Å². The van der Waals surface area contributed by atoms with E-state index in [2.05, 4.69) is 91.6 Å². The van der Waals surface area contributed by atoms with Crippen LogP contribution >= 0.6 is 0 Å². The van der Waals surface area contributed by atoms with E-state index in [4.69, 9.17) is 13.0 Å². The zero-order valence-corrected chi connectivity index (χ0v) is 23.0. The van der Waals surface area contributed by atoms with E-state index < -0.39 is 14.8 Å². The summed E-state index contributed by atoms with van der Waals surface area (Å²) in [6.07, 6.45) is 6.74. The van der Waals surface area contributed by atoms with E-state index in [1.54, 1.807) is 12.3 Å². The highest BCUT2D eigenvalue weighted by molar-refractivity contribution is 6.63. The van der Waals surface area contributed by atoms with Gasteiger partial charge in [-0.3, -0.25) is 4.98 Å². The molecule has 1 heterocycles. The zero-order valence-electron chi connectivity index (χ0n) is 21.8. The van der Waals surface area contributed by atoms with E-state index in [0.29, 0.717) is 0 Å². The van der Waals surface area contributed by atoms with Gasteiger partial charge < -0.3 is 13.0 Å². The molecule has 5 heteroatoms. The fourth-order valence-electron chi connectivity index (χ4n) is 4.56. The molecule has 1 aromatic heterocycles. The first-order valence-corrected chi connectivity index (χ1v) is 14.2. The molecule has 0 spiro atoms. The molecule has 0 bridgehead atoms. The number of hydrogen-bond acceptors (Lipinski definition) is 4. The predicted molar refractivity (Wildman–Crippen MR) is 159 cm³/mol. The lowest BCUT2D eigenvalue weighted by Gasteiger charge is -2.22. The molecule has 5 rings (SSSR count). The minimum atomic E-state index is -2.51. The molecule has 0 aliphatic heterocycles. The molecular weight excluding hydrogens is 483 g/mol. The average molecular weight is 513 g/mol. The number of benzene rings is 4. The maximum atomic E-state index is 7.37. The highest BCUT2D eigenvalue weighted by Crippen LogP contribution is 2.31. The molecule has 0 atom stereocenters. The molecule has 0 unspecified atom stereocenters. The van der Waals surface area contributed by atoms with Crippen LogP contribution in [-0.2, 0) is 0 Å². The van der Waals surface area contributed by atoms with E-state index in [1.807, 2.05) is 31.2 Å². The van der Waals surface area contributed by atoms with Crippen LogP contribution in [0.25, 0.3) is 28.1 Å². The van der Waals surface area contributed by atoms with Gasteiger partial charge in [-0.2, -0.15) is 0 Å². The summed E-state index contributed by atoms with van der Waals surface area (Å²) in [4.78, 5) is 4.64. The number of pyridine rings is 1. The van der Waals surface area contributed by atoms with Gasteiger partial charge in [-0.1, -0.05) is 91.0 Å². The Morgan fingerprint density at radius 2 is 1.39 bits per heavy atom. The van der Waals surface area contributed by atoms with E-state index >= 15 is 0 Å². The maximum Gasteiger partial charge on any atom is 0.901 e. The Kier molecular flexibility index (Phi) is 7.70. The Hall–Kier alpha value is -4.17. The van der Waals surface area contributed by atoms with E-state index in [1.165, 1.54) is 11.8 Å². The molecule has 0 saturated carbocycles. The molecule has 4 aromatic carbocycles. The molecule has 4 nitrogen and oxygen atoms in total. The van der Waals surface area contributed by atoms with Gasteiger partial charge in [0.15, 0.2) is 0 Å². The van der Waals surface area contributed by atoms with Crippen LogP contribution in [0.3, 0.4) is 0 Å². The van der Waals surface area contributed by atoms with Gasteiger partial charge in [0.05, 0.1) is 5.75 Å². The summed E-state index contributed by atoms with van der Waals surface area (Å²) in [6.45, 7) is 6.16. The van der Waals surface area contributed by atoms with Gasteiger partial charge in [0.2, 0.25) is 0 Å². The summed E-state index contributed by atoms with van der Waals surface area (Å²) in [5.74, 6) is 1.59. The van der Waals surface area contributed by atoms with Gasteiger partial charge >= 0.3 is 14.8 Å². The second kappa shape index (κ2) is 11.5. The van der Waals surface area contributed by atoms with Crippen LogP contribution in [0.2, 0.25) is 0 Å². The van der Waals surface area contributed by atoms with Crippen LogP contribution in [0, 0.1) is 26.2 Å². The first-order chi connectivity index (χ1) is 18.5. The summed E-state index contributed by atoms with van der Waals surface area (Å²) in [5, 5.41) is 8.41. The van der Waals surface area contributed by atoms with Crippen LogP contribution in [-0.4, -0.2) is 26.0 Å². The van der Waals surface area contributed by atoms with Crippen molar-refractivity contribution in [3.05, 3.63) is 126 Å². The normalized spacial score (nSPS) is 11.0. The van der Waals surface area contributed by atoms with Crippen molar-refractivity contribution in [1.82, 2.24) is 4.98 Å². The fraction of sp³-hybridized carbons (Fsp3) is 0.0909. The van der Waals surface area contributed by atoms with E-state index in [-0.39, 0.29) is 0 Å². The van der Waals surface area contributed by atoms with Crippen LogP contribution in [0.5, 0.6) is 11.5 Å². The summed E-state index contributed by atoms with van der Waals surface area (Å²) in [6, 6.07) is 31.1. The number of aryl methyl sites for hydroxylation is 2. The number of allylic oxidation sites excluding steroid dienone is 1.